The van der Waals surface area contributed by atoms with Gasteiger partial charge in [-0.2, -0.15) is 0 Å². The topological polar surface area (TPSA) is 73.5 Å². The highest BCUT2D eigenvalue weighted by atomic mass is 35.5. The number of anilines is 1. The second-order valence-electron chi connectivity index (χ2n) is 5.15. The first-order chi connectivity index (χ1) is 10.9. The van der Waals surface area contributed by atoms with E-state index in [4.69, 9.17) is 34.8 Å². The summed E-state index contributed by atoms with van der Waals surface area (Å²) in [4.78, 5) is 25.7. The second kappa shape index (κ2) is 8.17. The molecule has 1 heterocycles. The maximum Gasteiger partial charge on any atom is 0.238 e. The van der Waals surface area contributed by atoms with Crippen LogP contribution in [0.2, 0.25) is 15.1 Å². The number of amides is 2. The first-order valence-corrected chi connectivity index (χ1v) is 8.16. The maximum absolute atomic E-state index is 12.2. The van der Waals surface area contributed by atoms with Gasteiger partial charge in [-0.25, -0.2) is 0 Å². The molecule has 6 nitrogen and oxygen atoms in total. The van der Waals surface area contributed by atoms with Gasteiger partial charge in [0.25, 0.3) is 0 Å². The van der Waals surface area contributed by atoms with E-state index < -0.39 is 0 Å². The number of rotatable bonds is 4. The number of piperazine rings is 1. The van der Waals surface area contributed by atoms with Crippen molar-refractivity contribution in [1.82, 2.24) is 15.5 Å². The van der Waals surface area contributed by atoms with E-state index in [1.165, 1.54) is 12.1 Å². The Balaban J connectivity index is 1.96. The first-order valence-electron chi connectivity index (χ1n) is 7.02. The Morgan fingerprint density at radius 1 is 1.30 bits per heavy atom. The molecule has 0 bridgehead atoms. The van der Waals surface area contributed by atoms with E-state index in [9.17, 15) is 9.59 Å². The highest BCUT2D eigenvalue weighted by Crippen LogP contribution is 2.33. The number of benzene rings is 1. The van der Waals surface area contributed by atoms with Gasteiger partial charge >= 0.3 is 0 Å². The molecule has 0 aliphatic carbocycles. The average Bonchev–Trinajstić information content (AvgIpc) is 2.50. The molecule has 1 aromatic carbocycles. The fourth-order valence-electron chi connectivity index (χ4n) is 2.35. The predicted octanol–water partition coefficient (Wildman–Crippen LogP) is 1.61. The minimum Gasteiger partial charge on any atom is -0.358 e. The molecule has 23 heavy (non-hydrogen) atoms. The van der Waals surface area contributed by atoms with E-state index in [-0.39, 0.29) is 34.4 Å². The number of hydrogen-bond donors (Lipinski definition) is 3. The SMILES string of the molecule is CNC(=O)C1CN(CC(=O)Nc2c(Cl)cc(Cl)cc2Cl)CCN1. The van der Waals surface area contributed by atoms with Crippen molar-refractivity contribution in [2.75, 3.05) is 38.5 Å². The van der Waals surface area contributed by atoms with E-state index in [0.717, 1.165) is 0 Å². The smallest absolute Gasteiger partial charge is 0.238 e. The Kier molecular flexibility index (Phi) is 6.50. The lowest BCUT2D eigenvalue weighted by molar-refractivity contribution is -0.125. The molecule has 1 fully saturated rings. The molecule has 3 N–H and O–H groups in total. The Bertz CT molecular complexity index is 589. The van der Waals surface area contributed by atoms with Crippen molar-refractivity contribution in [1.29, 1.82) is 0 Å². The monoisotopic (exact) mass is 378 g/mol. The number of carbonyl (C=O) groups excluding carboxylic acids is 2. The van der Waals surface area contributed by atoms with Crippen molar-refractivity contribution in [3.63, 3.8) is 0 Å². The molecular weight excluding hydrogens is 363 g/mol. The molecule has 1 aromatic rings. The van der Waals surface area contributed by atoms with Gasteiger partial charge in [0.15, 0.2) is 0 Å². The van der Waals surface area contributed by atoms with Crippen molar-refractivity contribution in [3.8, 4) is 0 Å². The van der Waals surface area contributed by atoms with Crippen molar-refractivity contribution in [3.05, 3.63) is 27.2 Å². The van der Waals surface area contributed by atoms with Crippen LogP contribution in [-0.2, 0) is 9.59 Å². The third-order valence-electron chi connectivity index (χ3n) is 3.46. The summed E-state index contributed by atoms with van der Waals surface area (Å²) < 4.78 is 0. The summed E-state index contributed by atoms with van der Waals surface area (Å²) in [5.41, 5.74) is 0.334. The number of carbonyl (C=O) groups is 2. The molecule has 1 saturated heterocycles. The van der Waals surface area contributed by atoms with Crippen LogP contribution in [0.25, 0.3) is 0 Å². The van der Waals surface area contributed by atoms with Crippen LogP contribution in [0, 0.1) is 0 Å². The predicted molar refractivity (Wildman–Crippen MR) is 92.4 cm³/mol. The van der Waals surface area contributed by atoms with Crippen LogP contribution in [0.5, 0.6) is 0 Å². The van der Waals surface area contributed by atoms with Crippen LogP contribution in [0.15, 0.2) is 12.1 Å². The Hall–Kier alpha value is -1.05. The van der Waals surface area contributed by atoms with Crippen LogP contribution in [0.1, 0.15) is 0 Å². The van der Waals surface area contributed by atoms with Gasteiger partial charge in [-0.15, -0.1) is 0 Å². The fraction of sp³-hybridized carbons (Fsp3) is 0.429. The normalized spacial score (nSPS) is 18.5. The average molecular weight is 380 g/mol. The van der Waals surface area contributed by atoms with E-state index >= 15 is 0 Å². The summed E-state index contributed by atoms with van der Waals surface area (Å²) >= 11 is 17.9. The lowest BCUT2D eigenvalue weighted by atomic mass is 10.2. The number of halogens is 3. The van der Waals surface area contributed by atoms with Gasteiger partial charge in [-0.05, 0) is 12.1 Å². The maximum atomic E-state index is 12.2. The molecule has 0 radical (unpaired) electrons. The molecule has 1 aliphatic rings. The van der Waals surface area contributed by atoms with Crippen LogP contribution in [0.4, 0.5) is 5.69 Å². The van der Waals surface area contributed by atoms with Gasteiger partial charge in [0.2, 0.25) is 11.8 Å². The van der Waals surface area contributed by atoms with Crippen LogP contribution < -0.4 is 16.0 Å². The van der Waals surface area contributed by atoms with E-state index in [2.05, 4.69) is 16.0 Å². The van der Waals surface area contributed by atoms with E-state index in [1.54, 1.807) is 7.05 Å². The van der Waals surface area contributed by atoms with Crippen molar-refractivity contribution in [2.45, 2.75) is 6.04 Å². The van der Waals surface area contributed by atoms with Gasteiger partial charge < -0.3 is 16.0 Å². The molecule has 0 aromatic heterocycles. The molecule has 1 aliphatic heterocycles. The lowest BCUT2D eigenvalue weighted by Crippen LogP contribution is -2.57. The molecule has 2 amide bonds. The van der Waals surface area contributed by atoms with Gasteiger partial charge in [0.05, 0.1) is 28.3 Å². The van der Waals surface area contributed by atoms with Gasteiger partial charge in [-0.3, -0.25) is 14.5 Å². The summed E-state index contributed by atoms with van der Waals surface area (Å²) in [5, 5.41) is 9.34. The summed E-state index contributed by atoms with van der Waals surface area (Å²) in [6.07, 6.45) is 0. The zero-order valence-electron chi connectivity index (χ0n) is 12.5. The fourth-order valence-corrected chi connectivity index (χ4v) is 3.26. The van der Waals surface area contributed by atoms with Crippen molar-refractivity contribution >= 4 is 52.3 Å². The van der Waals surface area contributed by atoms with Crippen LogP contribution >= 0.6 is 34.8 Å². The van der Waals surface area contributed by atoms with Gasteiger partial charge in [-0.1, -0.05) is 34.8 Å². The highest BCUT2D eigenvalue weighted by molar-refractivity contribution is 6.42. The molecule has 0 saturated carbocycles. The lowest BCUT2D eigenvalue weighted by Gasteiger charge is -2.32. The third kappa shape index (κ3) is 4.96. The summed E-state index contributed by atoms with van der Waals surface area (Å²) in [7, 11) is 1.58. The number of likely N-dealkylation sites (N-methyl/N-ethyl adjacent to an activating group) is 1. The van der Waals surface area contributed by atoms with Crippen LogP contribution in [0.3, 0.4) is 0 Å². The van der Waals surface area contributed by atoms with Crippen LogP contribution in [-0.4, -0.2) is 56.0 Å². The minimum absolute atomic E-state index is 0.0982. The number of nitrogens with zero attached hydrogens (tertiary/aromatic N) is 1. The number of hydrogen-bond acceptors (Lipinski definition) is 4. The molecule has 1 unspecified atom stereocenters. The van der Waals surface area contributed by atoms with Gasteiger partial charge in [0, 0.05) is 31.7 Å². The molecule has 0 spiro atoms. The molecule has 126 valence electrons. The molecule has 1 atom stereocenters. The Morgan fingerprint density at radius 2 is 1.96 bits per heavy atom. The van der Waals surface area contributed by atoms with Crippen molar-refractivity contribution in [2.24, 2.45) is 0 Å². The van der Waals surface area contributed by atoms with Crippen molar-refractivity contribution < 1.29 is 9.59 Å². The standard InChI is InChI=1S/C14H17Cl3N4O2/c1-18-14(23)11-6-21(3-2-19-11)7-12(22)20-13-9(16)4-8(15)5-10(13)17/h4-5,11,19H,2-3,6-7H2,1H3,(H,18,23)(H,20,22). The molecular formula is C14H17Cl3N4O2. The first kappa shape index (κ1) is 18.3. The zero-order valence-corrected chi connectivity index (χ0v) is 14.7. The largest absolute Gasteiger partial charge is 0.358 e. The molecule has 2 rings (SSSR count). The zero-order chi connectivity index (χ0) is 17.0. The van der Waals surface area contributed by atoms with E-state index in [0.29, 0.717) is 30.3 Å². The summed E-state index contributed by atoms with van der Waals surface area (Å²) in [6, 6.07) is 2.69. The third-order valence-corrected chi connectivity index (χ3v) is 4.28. The quantitative estimate of drug-likeness (QED) is 0.743. The summed E-state index contributed by atoms with van der Waals surface area (Å²) in [5.74, 6) is -0.354. The highest BCUT2D eigenvalue weighted by Gasteiger charge is 2.25. The minimum atomic E-state index is -0.329. The molecule has 9 heteroatoms. The van der Waals surface area contributed by atoms with E-state index in [1.807, 2.05) is 4.90 Å². The second-order valence-corrected chi connectivity index (χ2v) is 6.40. The van der Waals surface area contributed by atoms with Gasteiger partial charge in [0.1, 0.15) is 0 Å². The Morgan fingerprint density at radius 3 is 2.57 bits per heavy atom. The number of nitrogens with one attached hydrogen (secondary N) is 3. The Labute approximate surface area is 149 Å². The summed E-state index contributed by atoms with van der Waals surface area (Å²) in [6.45, 7) is 1.90.